The number of hydrogen-bond donors (Lipinski definition) is 1. The summed E-state index contributed by atoms with van der Waals surface area (Å²) in [4.78, 5) is 26.9. The minimum absolute atomic E-state index is 0.0906. The monoisotopic (exact) mass is 524 g/mol. The van der Waals surface area contributed by atoms with Crippen LogP contribution in [-0.2, 0) is 25.7 Å². The number of carbonyl (C=O) groups excluding carboxylic acids is 1. The van der Waals surface area contributed by atoms with E-state index in [1.54, 1.807) is 16.2 Å². The van der Waals surface area contributed by atoms with Crippen LogP contribution in [-0.4, -0.2) is 68.4 Å². The van der Waals surface area contributed by atoms with Crippen molar-refractivity contribution in [1.82, 2.24) is 34.9 Å². The van der Waals surface area contributed by atoms with Crippen molar-refractivity contribution in [2.24, 2.45) is 0 Å². The minimum Gasteiger partial charge on any atom is -0.462 e. The average Bonchev–Trinajstić information content (AvgIpc) is 3.60. The fourth-order valence-electron chi connectivity index (χ4n) is 4.49. The summed E-state index contributed by atoms with van der Waals surface area (Å²) in [6.45, 7) is 4.67. The largest absolute Gasteiger partial charge is 0.462 e. The van der Waals surface area contributed by atoms with Gasteiger partial charge in [0.2, 0.25) is 5.82 Å². The van der Waals surface area contributed by atoms with Crippen LogP contribution in [0.25, 0.3) is 10.2 Å². The van der Waals surface area contributed by atoms with Gasteiger partial charge in [-0.2, -0.15) is 23.1 Å². The van der Waals surface area contributed by atoms with Gasteiger partial charge in [0.05, 0.1) is 18.5 Å². The van der Waals surface area contributed by atoms with E-state index in [0.29, 0.717) is 18.9 Å². The first-order valence-electron chi connectivity index (χ1n) is 12.0. The second-order valence-corrected chi connectivity index (χ2v) is 9.91. The van der Waals surface area contributed by atoms with Crippen LogP contribution in [0.1, 0.15) is 42.7 Å². The zero-order chi connectivity index (χ0) is 25.3. The maximum Gasteiger partial charge on any atom is 0.451 e. The first-order chi connectivity index (χ1) is 17.3. The van der Waals surface area contributed by atoms with Gasteiger partial charge >= 0.3 is 18.2 Å². The Bertz CT molecular complexity index is 1240. The predicted molar refractivity (Wildman–Crippen MR) is 127 cm³/mol. The summed E-state index contributed by atoms with van der Waals surface area (Å²) in [6, 6.07) is 2.10. The molecule has 2 aliphatic rings. The van der Waals surface area contributed by atoms with Gasteiger partial charge in [0.25, 0.3) is 0 Å². The normalized spacial score (nSPS) is 16.0. The molecular weight excluding hydrogens is 497 g/mol. The van der Waals surface area contributed by atoms with Crippen LogP contribution in [0.4, 0.5) is 23.8 Å². The molecule has 14 heteroatoms. The lowest BCUT2D eigenvalue weighted by atomic mass is 10.2. The summed E-state index contributed by atoms with van der Waals surface area (Å²) >= 11 is 1.55. The maximum absolute atomic E-state index is 13.2. The number of fused-ring (bicyclic) bond motifs is 2. The molecule has 36 heavy (non-hydrogen) atoms. The third kappa shape index (κ3) is 5.04. The van der Waals surface area contributed by atoms with Crippen LogP contribution < -0.4 is 15.0 Å². The fraction of sp³-hybridized carbons (Fsp3) is 0.591. The highest BCUT2D eigenvalue weighted by Crippen LogP contribution is 2.35. The quantitative estimate of drug-likeness (QED) is 0.473. The Labute approximate surface area is 209 Å². The van der Waals surface area contributed by atoms with Crippen molar-refractivity contribution >= 4 is 33.4 Å². The Morgan fingerprint density at radius 1 is 1.17 bits per heavy atom. The number of amides is 2. The Morgan fingerprint density at radius 3 is 2.72 bits per heavy atom. The van der Waals surface area contributed by atoms with Crippen molar-refractivity contribution in [2.75, 3.05) is 37.7 Å². The molecule has 2 aliphatic heterocycles. The number of carbonyl (C=O) groups is 1. The fourth-order valence-corrected chi connectivity index (χ4v) is 5.61. The van der Waals surface area contributed by atoms with Gasteiger partial charge in [0, 0.05) is 31.1 Å². The van der Waals surface area contributed by atoms with Gasteiger partial charge < -0.3 is 24.4 Å². The molecule has 3 aromatic rings. The molecule has 10 nitrogen and oxygen atoms in total. The number of urea groups is 1. The molecule has 0 bridgehead atoms. The van der Waals surface area contributed by atoms with Crippen LogP contribution in [0.5, 0.6) is 6.01 Å². The molecule has 1 saturated heterocycles. The second-order valence-electron chi connectivity index (χ2n) is 8.80. The summed E-state index contributed by atoms with van der Waals surface area (Å²) in [5, 5.41) is 10.8. The SMILES string of the molecule is CCCc1cc2c(N3CCn4c(nnc4C(F)(F)F)C3)nc(OCCNC(=O)N3CCCC3)nc2s1. The van der Waals surface area contributed by atoms with E-state index in [9.17, 15) is 18.0 Å². The topological polar surface area (TPSA) is 101 Å². The maximum atomic E-state index is 13.2. The highest BCUT2D eigenvalue weighted by atomic mass is 32.1. The molecule has 0 radical (unpaired) electrons. The molecule has 0 aliphatic carbocycles. The summed E-state index contributed by atoms with van der Waals surface area (Å²) in [5.41, 5.74) is 0. The van der Waals surface area contributed by atoms with Gasteiger partial charge in [0.15, 0.2) is 5.82 Å². The molecule has 194 valence electrons. The number of likely N-dealkylation sites (tertiary alicyclic amines) is 1. The van der Waals surface area contributed by atoms with E-state index in [0.717, 1.165) is 58.4 Å². The van der Waals surface area contributed by atoms with Crippen molar-refractivity contribution in [3.63, 3.8) is 0 Å². The Kier molecular flexibility index (Phi) is 6.86. The standard InChI is InChI=1S/C22H27F3N8O2S/c1-2-5-14-12-15-17(32-9-10-33-16(13-32)29-30-19(33)22(23,24)25)27-20(28-18(15)36-14)35-11-6-26-21(34)31-7-3-4-8-31/h12H,2-11,13H2,1H3,(H,26,34). The third-order valence-corrected chi connectivity index (χ3v) is 7.30. The first kappa shape index (κ1) is 24.5. The second kappa shape index (κ2) is 10.1. The number of alkyl halides is 3. The molecule has 2 amide bonds. The molecule has 5 rings (SSSR count). The molecule has 5 heterocycles. The average molecular weight is 525 g/mol. The molecule has 1 fully saturated rings. The van der Waals surface area contributed by atoms with Crippen molar-refractivity contribution in [1.29, 1.82) is 0 Å². The van der Waals surface area contributed by atoms with E-state index in [4.69, 9.17) is 4.74 Å². The first-order valence-corrected chi connectivity index (χ1v) is 12.9. The number of rotatable bonds is 7. The number of ether oxygens (including phenoxy) is 1. The molecule has 0 unspecified atom stereocenters. The lowest BCUT2D eigenvalue weighted by Crippen LogP contribution is -2.39. The predicted octanol–water partition coefficient (Wildman–Crippen LogP) is 3.46. The molecule has 0 atom stereocenters. The minimum atomic E-state index is -4.55. The highest BCUT2D eigenvalue weighted by molar-refractivity contribution is 7.18. The van der Waals surface area contributed by atoms with Crippen LogP contribution in [0.15, 0.2) is 6.07 Å². The Morgan fingerprint density at radius 2 is 1.97 bits per heavy atom. The van der Waals surface area contributed by atoms with Crippen molar-refractivity contribution in [3.8, 4) is 6.01 Å². The van der Waals surface area contributed by atoms with Gasteiger partial charge in [-0.1, -0.05) is 13.3 Å². The Balaban J connectivity index is 1.34. The molecular formula is C22H27F3N8O2S. The van der Waals surface area contributed by atoms with Gasteiger partial charge in [-0.3, -0.25) is 0 Å². The molecule has 1 N–H and O–H groups in total. The van der Waals surface area contributed by atoms with Crippen molar-refractivity contribution in [3.05, 3.63) is 22.6 Å². The van der Waals surface area contributed by atoms with Gasteiger partial charge in [-0.05, 0) is 25.3 Å². The highest BCUT2D eigenvalue weighted by Gasteiger charge is 2.39. The Hall–Kier alpha value is -3.16. The number of anilines is 1. The molecule has 0 aromatic carbocycles. The third-order valence-electron chi connectivity index (χ3n) is 6.21. The summed E-state index contributed by atoms with van der Waals surface area (Å²) < 4.78 is 46.7. The van der Waals surface area contributed by atoms with Crippen molar-refractivity contribution in [2.45, 2.75) is 51.9 Å². The van der Waals surface area contributed by atoms with Gasteiger partial charge in [0.1, 0.15) is 17.3 Å². The van der Waals surface area contributed by atoms with Crippen LogP contribution in [0.2, 0.25) is 0 Å². The molecule has 3 aromatic heterocycles. The smallest absolute Gasteiger partial charge is 0.451 e. The van der Waals surface area contributed by atoms with E-state index in [1.165, 1.54) is 0 Å². The molecule has 0 saturated carbocycles. The number of hydrogen-bond acceptors (Lipinski definition) is 8. The van der Waals surface area contributed by atoms with E-state index >= 15 is 0 Å². The summed E-state index contributed by atoms with van der Waals surface area (Å²) in [6.07, 6.45) is -0.647. The zero-order valence-electron chi connectivity index (χ0n) is 19.8. The van der Waals surface area contributed by atoms with E-state index in [-0.39, 0.29) is 37.6 Å². The number of aryl methyl sites for hydroxylation is 1. The lowest BCUT2D eigenvalue weighted by molar-refractivity contribution is -0.147. The number of halogens is 3. The van der Waals surface area contributed by atoms with Gasteiger partial charge in [-0.15, -0.1) is 21.5 Å². The van der Waals surface area contributed by atoms with Crippen LogP contribution in [0, 0.1) is 0 Å². The lowest BCUT2D eigenvalue weighted by Gasteiger charge is -2.29. The zero-order valence-corrected chi connectivity index (χ0v) is 20.7. The van der Waals surface area contributed by atoms with E-state index < -0.39 is 12.0 Å². The number of nitrogens with one attached hydrogen (secondary N) is 1. The summed E-state index contributed by atoms with van der Waals surface area (Å²) in [7, 11) is 0. The van der Waals surface area contributed by atoms with E-state index in [1.807, 2.05) is 11.0 Å². The van der Waals surface area contributed by atoms with Gasteiger partial charge in [-0.25, -0.2) is 4.79 Å². The number of nitrogens with zero attached hydrogens (tertiary/aromatic N) is 7. The number of thiophene rings is 1. The van der Waals surface area contributed by atoms with Crippen LogP contribution in [0.3, 0.4) is 0 Å². The number of aromatic nitrogens is 5. The van der Waals surface area contributed by atoms with E-state index in [2.05, 4.69) is 32.4 Å². The van der Waals surface area contributed by atoms with Crippen molar-refractivity contribution < 1.29 is 22.7 Å². The molecule has 0 spiro atoms. The summed E-state index contributed by atoms with van der Waals surface area (Å²) in [5.74, 6) is -0.153. The van der Waals surface area contributed by atoms with Crippen LogP contribution >= 0.6 is 11.3 Å².